The summed E-state index contributed by atoms with van der Waals surface area (Å²) < 4.78 is 0. The van der Waals surface area contributed by atoms with Crippen molar-refractivity contribution >= 4 is 5.96 Å². The van der Waals surface area contributed by atoms with Crippen molar-refractivity contribution in [3.8, 4) is 0 Å². The lowest BCUT2D eigenvalue weighted by molar-refractivity contribution is 0.504. The van der Waals surface area contributed by atoms with Crippen molar-refractivity contribution in [2.75, 3.05) is 13.1 Å². The minimum atomic E-state index is 0.614. The third-order valence-electron chi connectivity index (χ3n) is 3.01. The first kappa shape index (κ1) is 15.3. The Hall–Kier alpha value is -0.730. The largest absolute Gasteiger partial charge is 0.370 e. The van der Waals surface area contributed by atoms with Gasteiger partial charge in [-0.3, -0.25) is 4.99 Å². The maximum atomic E-state index is 5.79. The Kier molecular flexibility index (Phi) is 10.3. The van der Waals surface area contributed by atoms with E-state index in [0.717, 1.165) is 13.1 Å². The molecule has 0 aliphatic rings. The number of nitrogens with zero attached hydrogens (tertiary/aromatic N) is 1. The lowest BCUT2D eigenvalue weighted by atomic mass is 10.0. The molecule has 0 saturated heterocycles. The molecule has 0 amide bonds. The van der Waals surface area contributed by atoms with Crippen LogP contribution in [0.25, 0.3) is 0 Å². The molecule has 0 heterocycles. The van der Waals surface area contributed by atoms with Gasteiger partial charge in [0.2, 0.25) is 0 Å². The molecule has 3 N–H and O–H groups in total. The monoisotopic (exact) mass is 227 g/mol. The highest BCUT2D eigenvalue weighted by atomic mass is 15.1. The van der Waals surface area contributed by atoms with E-state index in [2.05, 4.69) is 31.1 Å². The van der Waals surface area contributed by atoms with Crippen molar-refractivity contribution in [1.82, 2.24) is 5.32 Å². The number of hydrogen-bond donors (Lipinski definition) is 2. The van der Waals surface area contributed by atoms with Gasteiger partial charge in [-0.05, 0) is 12.3 Å². The van der Waals surface area contributed by atoms with E-state index in [1.807, 2.05) is 0 Å². The van der Waals surface area contributed by atoms with Crippen LogP contribution in [0.4, 0.5) is 0 Å². The maximum Gasteiger partial charge on any atom is 0.188 e. The van der Waals surface area contributed by atoms with Crippen molar-refractivity contribution in [3.63, 3.8) is 0 Å². The molecule has 0 rings (SSSR count). The summed E-state index contributed by atoms with van der Waals surface area (Å²) in [4.78, 5) is 4.37. The highest BCUT2D eigenvalue weighted by Gasteiger charge is 2.01. The van der Waals surface area contributed by atoms with Crippen LogP contribution in [-0.4, -0.2) is 19.0 Å². The van der Waals surface area contributed by atoms with Crippen LogP contribution < -0.4 is 11.1 Å². The molecule has 0 unspecified atom stereocenters. The highest BCUT2D eigenvalue weighted by Crippen LogP contribution is 2.06. The molecule has 0 aromatic carbocycles. The SMILES string of the molecule is CCCCCCNC(N)=NCC(CC)CC. The summed E-state index contributed by atoms with van der Waals surface area (Å²) in [5, 5.41) is 3.17. The second-order valence-electron chi connectivity index (χ2n) is 4.40. The van der Waals surface area contributed by atoms with Crippen molar-refractivity contribution in [2.45, 2.75) is 59.3 Å². The zero-order valence-corrected chi connectivity index (χ0v) is 11.3. The molecule has 0 aromatic heterocycles. The quantitative estimate of drug-likeness (QED) is 0.361. The Morgan fingerprint density at radius 2 is 1.81 bits per heavy atom. The summed E-state index contributed by atoms with van der Waals surface area (Å²) in [6, 6.07) is 0. The first-order valence-corrected chi connectivity index (χ1v) is 6.78. The van der Waals surface area contributed by atoms with E-state index in [4.69, 9.17) is 5.73 Å². The van der Waals surface area contributed by atoms with Crippen LogP contribution in [0.15, 0.2) is 4.99 Å². The van der Waals surface area contributed by atoms with Crippen molar-refractivity contribution in [3.05, 3.63) is 0 Å². The van der Waals surface area contributed by atoms with Gasteiger partial charge in [-0.1, -0.05) is 52.9 Å². The Morgan fingerprint density at radius 1 is 1.12 bits per heavy atom. The fourth-order valence-electron chi connectivity index (χ4n) is 1.60. The number of nitrogens with one attached hydrogen (secondary N) is 1. The number of rotatable bonds is 9. The first-order chi connectivity index (χ1) is 7.74. The average Bonchev–Trinajstić information content (AvgIpc) is 2.30. The molecule has 0 atom stereocenters. The van der Waals surface area contributed by atoms with Gasteiger partial charge >= 0.3 is 0 Å². The summed E-state index contributed by atoms with van der Waals surface area (Å²) >= 11 is 0. The molecule has 0 spiro atoms. The normalized spacial score (nSPS) is 12.1. The topological polar surface area (TPSA) is 50.4 Å². The smallest absolute Gasteiger partial charge is 0.188 e. The molecule has 0 saturated carbocycles. The van der Waals surface area contributed by atoms with E-state index < -0.39 is 0 Å². The molecule has 0 aromatic rings. The number of aliphatic imine (C=N–C) groups is 1. The van der Waals surface area contributed by atoms with Gasteiger partial charge in [-0.2, -0.15) is 0 Å². The average molecular weight is 227 g/mol. The van der Waals surface area contributed by atoms with Gasteiger partial charge in [0.05, 0.1) is 0 Å². The summed E-state index contributed by atoms with van der Waals surface area (Å²) in [7, 11) is 0. The molecule has 16 heavy (non-hydrogen) atoms. The van der Waals surface area contributed by atoms with E-state index >= 15 is 0 Å². The number of nitrogens with two attached hydrogens (primary N) is 1. The lowest BCUT2D eigenvalue weighted by Gasteiger charge is -2.10. The van der Waals surface area contributed by atoms with Gasteiger partial charge < -0.3 is 11.1 Å². The summed E-state index contributed by atoms with van der Waals surface area (Å²) in [6.45, 7) is 8.45. The van der Waals surface area contributed by atoms with Gasteiger partial charge in [0.1, 0.15) is 0 Å². The summed E-state index contributed by atoms with van der Waals surface area (Å²) in [5.41, 5.74) is 5.79. The summed E-state index contributed by atoms with van der Waals surface area (Å²) in [6.07, 6.45) is 7.43. The molecule has 0 bridgehead atoms. The molecule has 0 radical (unpaired) electrons. The molecule has 0 aliphatic carbocycles. The standard InChI is InChI=1S/C13H29N3/c1-4-7-8-9-10-15-13(14)16-11-12(5-2)6-3/h12H,4-11H2,1-3H3,(H3,14,15,16). The van der Waals surface area contributed by atoms with Gasteiger partial charge in [-0.25, -0.2) is 0 Å². The van der Waals surface area contributed by atoms with Gasteiger partial charge in [0.15, 0.2) is 5.96 Å². The van der Waals surface area contributed by atoms with E-state index in [9.17, 15) is 0 Å². The minimum absolute atomic E-state index is 0.614. The van der Waals surface area contributed by atoms with Crippen LogP contribution in [0.5, 0.6) is 0 Å². The molecule has 0 aliphatic heterocycles. The van der Waals surface area contributed by atoms with Crippen LogP contribution >= 0.6 is 0 Å². The van der Waals surface area contributed by atoms with Crippen LogP contribution in [0.3, 0.4) is 0 Å². The van der Waals surface area contributed by atoms with Crippen LogP contribution in [0, 0.1) is 5.92 Å². The Morgan fingerprint density at radius 3 is 2.38 bits per heavy atom. The Balaban J connectivity index is 3.54. The van der Waals surface area contributed by atoms with E-state index in [-0.39, 0.29) is 0 Å². The third kappa shape index (κ3) is 8.57. The Bertz CT molecular complexity index is 174. The van der Waals surface area contributed by atoms with E-state index in [0.29, 0.717) is 11.9 Å². The molecule has 96 valence electrons. The maximum absolute atomic E-state index is 5.79. The van der Waals surface area contributed by atoms with Gasteiger partial charge in [-0.15, -0.1) is 0 Å². The van der Waals surface area contributed by atoms with Crippen LogP contribution in [0.1, 0.15) is 59.3 Å². The molecule has 0 fully saturated rings. The molecule has 3 nitrogen and oxygen atoms in total. The van der Waals surface area contributed by atoms with Crippen molar-refractivity contribution < 1.29 is 0 Å². The molecule has 3 heteroatoms. The number of unbranched alkanes of at least 4 members (excludes halogenated alkanes) is 3. The first-order valence-electron chi connectivity index (χ1n) is 6.78. The number of guanidine groups is 1. The highest BCUT2D eigenvalue weighted by molar-refractivity contribution is 5.77. The number of hydrogen-bond acceptors (Lipinski definition) is 1. The summed E-state index contributed by atoms with van der Waals surface area (Å²) in [5.74, 6) is 1.30. The van der Waals surface area contributed by atoms with Gasteiger partial charge in [0, 0.05) is 13.1 Å². The zero-order chi connectivity index (χ0) is 12.2. The molecular weight excluding hydrogens is 198 g/mol. The fourth-order valence-corrected chi connectivity index (χ4v) is 1.60. The van der Waals surface area contributed by atoms with Crippen LogP contribution in [-0.2, 0) is 0 Å². The van der Waals surface area contributed by atoms with Crippen molar-refractivity contribution in [1.29, 1.82) is 0 Å². The third-order valence-corrected chi connectivity index (χ3v) is 3.01. The predicted octanol–water partition coefficient (Wildman–Crippen LogP) is 2.91. The fraction of sp³-hybridized carbons (Fsp3) is 0.923. The van der Waals surface area contributed by atoms with Gasteiger partial charge in [0.25, 0.3) is 0 Å². The zero-order valence-electron chi connectivity index (χ0n) is 11.3. The second-order valence-corrected chi connectivity index (χ2v) is 4.40. The predicted molar refractivity (Wildman–Crippen MR) is 72.7 cm³/mol. The van der Waals surface area contributed by atoms with E-state index in [1.165, 1.54) is 38.5 Å². The second kappa shape index (κ2) is 10.8. The minimum Gasteiger partial charge on any atom is -0.370 e. The molecular formula is C13H29N3. The van der Waals surface area contributed by atoms with Crippen LogP contribution in [0.2, 0.25) is 0 Å². The van der Waals surface area contributed by atoms with Crippen molar-refractivity contribution in [2.24, 2.45) is 16.6 Å². The van der Waals surface area contributed by atoms with E-state index in [1.54, 1.807) is 0 Å². The Labute approximate surface area is 101 Å². The lowest BCUT2D eigenvalue weighted by Crippen LogP contribution is -2.33.